The molecule has 1 atom stereocenters. The van der Waals surface area contributed by atoms with Crippen LogP contribution in [-0.2, 0) is 4.79 Å². The number of carboxylic acids is 1. The average molecular weight is 285 g/mol. The summed E-state index contributed by atoms with van der Waals surface area (Å²) in [4.78, 5) is 27.0. The lowest BCUT2D eigenvalue weighted by Crippen LogP contribution is -2.58. The Kier molecular flexibility index (Phi) is 5.80. The number of carbonyl (C=O) groups excluding carboxylic acids is 1. The second kappa shape index (κ2) is 6.92. The zero-order valence-electron chi connectivity index (χ0n) is 13.0. The molecule has 20 heavy (non-hydrogen) atoms. The van der Waals surface area contributed by atoms with E-state index >= 15 is 0 Å². The van der Waals surface area contributed by atoms with Crippen LogP contribution in [0.4, 0.5) is 4.79 Å². The third-order valence-electron chi connectivity index (χ3n) is 3.94. The summed E-state index contributed by atoms with van der Waals surface area (Å²) in [7, 11) is 2.08. The van der Waals surface area contributed by atoms with Crippen LogP contribution in [0.3, 0.4) is 0 Å². The van der Waals surface area contributed by atoms with E-state index in [2.05, 4.69) is 24.2 Å². The number of urea groups is 1. The smallest absolute Gasteiger partial charge is 0.317 e. The Balaban J connectivity index is 2.51. The molecule has 0 aromatic carbocycles. The van der Waals surface area contributed by atoms with E-state index in [-0.39, 0.29) is 12.5 Å². The Labute approximate surface area is 121 Å². The van der Waals surface area contributed by atoms with Crippen molar-refractivity contribution in [3.05, 3.63) is 0 Å². The molecule has 1 fully saturated rings. The Bertz CT molecular complexity index is 358. The monoisotopic (exact) mass is 285 g/mol. The van der Waals surface area contributed by atoms with Crippen molar-refractivity contribution in [2.45, 2.75) is 51.6 Å². The van der Waals surface area contributed by atoms with Gasteiger partial charge < -0.3 is 15.3 Å². The average Bonchev–Trinajstić information content (AvgIpc) is 2.36. The molecule has 1 saturated heterocycles. The van der Waals surface area contributed by atoms with Crippen LogP contribution in [0.5, 0.6) is 0 Å². The van der Waals surface area contributed by atoms with Crippen molar-refractivity contribution in [3.8, 4) is 0 Å². The van der Waals surface area contributed by atoms with Gasteiger partial charge in [0.25, 0.3) is 0 Å². The molecule has 1 aliphatic rings. The molecule has 2 amide bonds. The molecule has 1 heterocycles. The summed E-state index contributed by atoms with van der Waals surface area (Å²) < 4.78 is 0. The lowest BCUT2D eigenvalue weighted by molar-refractivity contribution is -0.137. The van der Waals surface area contributed by atoms with Crippen molar-refractivity contribution in [2.24, 2.45) is 0 Å². The van der Waals surface area contributed by atoms with Gasteiger partial charge in [-0.2, -0.15) is 0 Å². The Morgan fingerprint density at radius 2 is 2.00 bits per heavy atom. The summed E-state index contributed by atoms with van der Waals surface area (Å²) in [6.07, 6.45) is 1.51. The van der Waals surface area contributed by atoms with Gasteiger partial charge in [0.1, 0.15) is 0 Å². The van der Waals surface area contributed by atoms with E-state index in [1.807, 2.05) is 18.7 Å². The normalized spacial score (nSPS) is 20.8. The first-order valence-corrected chi connectivity index (χ1v) is 7.24. The largest absolute Gasteiger partial charge is 0.481 e. The standard InChI is InChI=1S/C14H27N3O3/c1-5-11-10-17(9-8-16(11)4)13(20)15-14(2,3)7-6-12(18)19/h11H,5-10H2,1-4H3,(H,15,20)(H,18,19). The van der Waals surface area contributed by atoms with Crippen LogP contribution >= 0.6 is 0 Å². The fourth-order valence-corrected chi connectivity index (χ4v) is 2.42. The van der Waals surface area contributed by atoms with Crippen LogP contribution in [0.2, 0.25) is 0 Å². The van der Waals surface area contributed by atoms with Gasteiger partial charge in [-0.3, -0.25) is 9.69 Å². The van der Waals surface area contributed by atoms with Gasteiger partial charge in [0, 0.05) is 37.6 Å². The van der Waals surface area contributed by atoms with Crippen LogP contribution in [-0.4, -0.2) is 65.2 Å². The molecule has 1 unspecified atom stereocenters. The maximum Gasteiger partial charge on any atom is 0.317 e. The topological polar surface area (TPSA) is 72.9 Å². The molecule has 1 rings (SSSR count). The highest BCUT2D eigenvalue weighted by Crippen LogP contribution is 2.15. The maximum absolute atomic E-state index is 12.3. The summed E-state index contributed by atoms with van der Waals surface area (Å²) in [6.45, 7) is 8.17. The molecular weight excluding hydrogens is 258 g/mol. The predicted octanol–water partition coefficient (Wildman–Crippen LogP) is 1.37. The zero-order valence-corrected chi connectivity index (χ0v) is 13.0. The highest BCUT2D eigenvalue weighted by Gasteiger charge is 2.29. The minimum atomic E-state index is -0.835. The van der Waals surface area contributed by atoms with Gasteiger partial charge in [0.05, 0.1) is 0 Å². The number of amides is 2. The van der Waals surface area contributed by atoms with Crippen LogP contribution in [0.25, 0.3) is 0 Å². The molecule has 0 aromatic heterocycles. The van der Waals surface area contributed by atoms with Gasteiger partial charge in [-0.1, -0.05) is 6.92 Å². The van der Waals surface area contributed by atoms with E-state index in [9.17, 15) is 9.59 Å². The van der Waals surface area contributed by atoms with Crippen LogP contribution in [0.15, 0.2) is 0 Å². The van der Waals surface area contributed by atoms with Gasteiger partial charge in [0.2, 0.25) is 0 Å². The van der Waals surface area contributed by atoms with Crippen molar-refractivity contribution in [3.63, 3.8) is 0 Å². The van der Waals surface area contributed by atoms with Gasteiger partial charge in [0.15, 0.2) is 0 Å². The minimum Gasteiger partial charge on any atom is -0.481 e. The molecule has 6 nitrogen and oxygen atoms in total. The van der Waals surface area contributed by atoms with Crippen LogP contribution in [0.1, 0.15) is 40.0 Å². The molecule has 0 aromatic rings. The first-order valence-electron chi connectivity index (χ1n) is 7.24. The number of nitrogens with one attached hydrogen (secondary N) is 1. The molecule has 0 saturated carbocycles. The Morgan fingerprint density at radius 1 is 1.35 bits per heavy atom. The van der Waals surface area contributed by atoms with Crippen LogP contribution in [0, 0.1) is 0 Å². The summed E-state index contributed by atoms with van der Waals surface area (Å²) >= 11 is 0. The lowest BCUT2D eigenvalue weighted by atomic mass is 9.98. The quantitative estimate of drug-likeness (QED) is 0.800. The molecule has 0 bridgehead atoms. The number of hydrogen-bond donors (Lipinski definition) is 2. The van der Waals surface area contributed by atoms with Crippen molar-refractivity contribution in [1.29, 1.82) is 0 Å². The van der Waals surface area contributed by atoms with Crippen molar-refractivity contribution in [2.75, 3.05) is 26.7 Å². The van der Waals surface area contributed by atoms with E-state index in [1.54, 1.807) is 0 Å². The number of hydrogen-bond acceptors (Lipinski definition) is 3. The van der Waals surface area contributed by atoms with E-state index in [4.69, 9.17) is 5.11 Å². The number of nitrogens with zero attached hydrogens (tertiary/aromatic N) is 2. The molecule has 1 aliphatic heterocycles. The molecule has 2 N–H and O–H groups in total. The molecule has 0 aliphatic carbocycles. The highest BCUT2D eigenvalue weighted by atomic mass is 16.4. The van der Waals surface area contributed by atoms with E-state index in [1.165, 1.54) is 0 Å². The van der Waals surface area contributed by atoms with Crippen molar-refractivity contribution in [1.82, 2.24) is 15.1 Å². The number of likely N-dealkylation sites (N-methyl/N-ethyl adjacent to an activating group) is 1. The third kappa shape index (κ3) is 5.00. The van der Waals surface area contributed by atoms with Crippen molar-refractivity contribution < 1.29 is 14.7 Å². The van der Waals surface area contributed by atoms with Gasteiger partial charge in [-0.15, -0.1) is 0 Å². The second-order valence-electron chi connectivity index (χ2n) is 6.20. The maximum atomic E-state index is 12.3. The van der Waals surface area contributed by atoms with E-state index in [0.717, 1.165) is 19.5 Å². The van der Waals surface area contributed by atoms with Crippen molar-refractivity contribution >= 4 is 12.0 Å². The molecule has 6 heteroatoms. The number of rotatable bonds is 5. The summed E-state index contributed by atoms with van der Waals surface area (Å²) in [5.41, 5.74) is -0.499. The second-order valence-corrected chi connectivity index (χ2v) is 6.20. The highest BCUT2D eigenvalue weighted by molar-refractivity contribution is 5.75. The number of carbonyl (C=O) groups is 2. The van der Waals surface area contributed by atoms with E-state index in [0.29, 0.717) is 19.0 Å². The fourth-order valence-electron chi connectivity index (χ4n) is 2.42. The summed E-state index contributed by atoms with van der Waals surface area (Å²) in [5, 5.41) is 11.7. The molecule has 0 radical (unpaired) electrons. The lowest BCUT2D eigenvalue weighted by Gasteiger charge is -2.40. The number of aliphatic carboxylic acids is 1. The molecule has 0 spiro atoms. The van der Waals surface area contributed by atoms with E-state index < -0.39 is 11.5 Å². The SMILES string of the molecule is CCC1CN(C(=O)NC(C)(C)CCC(=O)O)CCN1C. The van der Waals surface area contributed by atoms with Gasteiger partial charge in [-0.05, 0) is 33.7 Å². The number of piperazine rings is 1. The summed E-state index contributed by atoms with van der Waals surface area (Å²) in [6, 6.07) is 0.309. The fraction of sp³-hybridized carbons (Fsp3) is 0.857. The molecular formula is C14H27N3O3. The van der Waals surface area contributed by atoms with Gasteiger partial charge >= 0.3 is 12.0 Å². The molecule has 116 valence electrons. The van der Waals surface area contributed by atoms with Gasteiger partial charge in [-0.25, -0.2) is 4.79 Å². The predicted molar refractivity (Wildman–Crippen MR) is 77.8 cm³/mol. The zero-order chi connectivity index (χ0) is 15.3. The van der Waals surface area contributed by atoms with Crippen LogP contribution < -0.4 is 5.32 Å². The summed E-state index contributed by atoms with van der Waals surface area (Å²) in [5.74, 6) is -0.835. The first kappa shape index (κ1) is 16.8. The first-order chi connectivity index (χ1) is 9.25. The Hall–Kier alpha value is -1.30. The third-order valence-corrected chi connectivity index (χ3v) is 3.94. The minimum absolute atomic E-state index is 0.0631. The number of carboxylic acid groups (broad SMARTS) is 1. The Morgan fingerprint density at radius 3 is 2.55 bits per heavy atom.